The van der Waals surface area contributed by atoms with E-state index < -0.39 is 0 Å². The van der Waals surface area contributed by atoms with E-state index in [1.54, 1.807) is 30.0 Å². The van der Waals surface area contributed by atoms with Crippen LogP contribution >= 0.6 is 35.0 Å². The molecule has 0 unspecified atom stereocenters. The van der Waals surface area contributed by atoms with Crippen LogP contribution in [0.3, 0.4) is 0 Å². The fourth-order valence-electron chi connectivity index (χ4n) is 1.85. The number of nitrogens with one attached hydrogen (secondary N) is 1. The molecule has 1 amide bonds. The van der Waals surface area contributed by atoms with Crippen LogP contribution in [0.25, 0.3) is 6.08 Å². The molecule has 0 spiro atoms. The van der Waals surface area contributed by atoms with Crippen LogP contribution in [-0.2, 0) is 10.5 Å². The molecule has 0 aliphatic heterocycles. The summed E-state index contributed by atoms with van der Waals surface area (Å²) < 4.78 is 0. The van der Waals surface area contributed by atoms with E-state index in [0.29, 0.717) is 11.6 Å². The SMILES string of the molecule is O=C(/C=C/c1ccc(Cl)cc1)NCCSCc1ccccc1Cl. The average molecular weight is 366 g/mol. The minimum Gasteiger partial charge on any atom is -0.352 e. The van der Waals surface area contributed by atoms with Crippen LogP contribution in [0.15, 0.2) is 54.6 Å². The van der Waals surface area contributed by atoms with Crippen LogP contribution in [-0.4, -0.2) is 18.2 Å². The van der Waals surface area contributed by atoms with Gasteiger partial charge in [0.2, 0.25) is 5.91 Å². The van der Waals surface area contributed by atoms with Crippen LogP contribution in [0.1, 0.15) is 11.1 Å². The summed E-state index contributed by atoms with van der Waals surface area (Å²) in [6.45, 7) is 0.624. The maximum atomic E-state index is 11.7. The molecule has 0 heterocycles. The van der Waals surface area contributed by atoms with E-state index in [-0.39, 0.29) is 5.91 Å². The van der Waals surface area contributed by atoms with Gasteiger partial charge in [0.05, 0.1) is 0 Å². The highest BCUT2D eigenvalue weighted by Crippen LogP contribution is 2.20. The predicted octanol–water partition coefficient (Wildman–Crippen LogP) is 5.06. The minimum atomic E-state index is -0.0988. The van der Waals surface area contributed by atoms with E-state index in [4.69, 9.17) is 23.2 Å². The van der Waals surface area contributed by atoms with Gasteiger partial charge in [0.15, 0.2) is 0 Å². The molecular weight excluding hydrogens is 349 g/mol. The molecule has 2 nitrogen and oxygen atoms in total. The molecule has 23 heavy (non-hydrogen) atoms. The predicted molar refractivity (Wildman–Crippen MR) is 101 cm³/mol. The number of rotatable bonds is 7. The van der Waals surface area contributed by atoms with Crippen molar-refractivity contribution in [3.63, 3.8) is 0 Å². The summed E-state index contributed by atoms with van der Waals surface area (Å²) in [5.74, 6) is 1.58. The van der Waals surface area contributed by atoms with Crippen molar-refractivity contribution in [2.75, 3.05) is 12.3 Å². The van der Waals surface area contributed by atoms with Crippen molar-refractivity contribution >= 4 is 46.9 Å². The topological polar surface area (TPSA) is 29.1 Å². The van der Waals surface area contributed by atoms with Crippen molar-refractivity contribution in [3.8, 4) is 0 Å². The van der Waals surface area contributed by atoms with Crippen molar-refractivity contribution in [1.29, 1.82) is 0 Å². The fraction of sp³-hybridized carbons (Fsp3) is 0.167. The van der Waals surface area contributed by atoms with Crippen LogP contribution in [0, 0.1) is 0 Å². The van der Waals surface area contributed by atoms with Crippen LogP contribution < -0.4 is 5.32 Å². The summed E-state index contributed by atoms with van der Waals surface area (Å²) in [6.07, 6.45) is 3.30. The molecule has 2 aromatic rings. The number of carbonyl (C=O) groups excluding carboxylic acids is 1. The van der Waals surface area contributed by atoms with Crippen molar-refractivity contribution in [2.45, 2.75) is 5.75 Å². The smallest absolute Gasteiger partial charge is 0.244 e. The quantitative estimate of drug-likeness (QED) is 0.548. The zero-order chi connectivity index (χ0) is 16.5. The monoisotopic (exact) mass is 365 g/mol. The molecule has 5 heteroatoms. The fourth-order valence-corrected chi connectivity index (χ4v) is 3.12. The average Bonchev–Trinajstić information content (AvgIpc) is 2.55. The first kappa shape index (κ1) is 17.9. The van der Waals surface area contributed by atoms with Gasteiger partial charge < -0.3 is 5.32 Å². The van der Waals surface area contributed by atoms with Gasteiger partial charge in [-0.05, 0) is 35.4 Å². The Morgan fingerprint density at radius 3 is 2.57 bits per heavy atom. The summed E-state index contributed by atoms with van der Waals surface area (Å²) in [4.78, 5) is 11.7. The Bertz CT molecular complexity index is 671. The summed E-state index contributed by atoms with van der Waals surface area (Å²) in [5, 5.41) is 4.33. The Kier molecular flexibility index (Phi) is 7.53. The summed E-state index contributed by atoms with van der Waals surface area (Å²) in [7, 11) is 0. The molecule has 0 aliphatic carbocycles. The maximum Gasteiger partial charge on any atom is 0.244 e. The van der Waals surface area contributed by atoms with Gasteiger partial charge in [0, 0.05) is 34.2 Å². The summed E-state index contributed by atoms with van der Waals surface area (Å²) in [6, 6.07) is 15.1. The van der Waals surface area contributed by atoms with Crippen molar-refractivity contribution in [3.05, 3.63) is 75.8 Å². The molecule has 2 rings (SSSR count). The summed E-state index contributed by atoms with van der Waals surface area (Å²) >= 11 is 13.6. The highest BCUT2D eigenvalue weighted by Gasteiger charge is 1.99. The van der Waals surface area contributed by atoms with Gasteiger partial charge in [-0.15, -0.1) is 0 Å². The zero-order valence-electron chi connectivity index (χ0n) is 12.5. The van der Waals surface area contributed by atoms with Crippen molar-refractivity contribution in [1.82, 2.24) is 5.32 Å². The lowest BCUT2D eigenvalue weighted by atomic mass is 10.2. The molecule has 0 aliphatic rings. The van der Waals surface area contributed by atoms with E-state index in [0.717, 1.165) is 27.7 Å². The van der Waals surface area contributed by atoms with E-state index in [1.807, 2.05) is 36.4 Å². The largest absolute Gasteiger partial charge is 0.352 e. The molecule has 0 bridgehead atoms. The second-order valence-electron chi connectivity index (χ2n) is 4.82. The van der Waals surface area contributed by atoms with E-state index in [1.165, 1.54) is 6.08 Å². The van der Waals surface area contributed by atoms with Gasteiger partial charge in [-0.3, -0.25) is 4.79 Å². The first-order chi connectivity index (χ1) is 11.1. The van der Waals surface area contributed by atoms with Crippen LogP contribution in [0.2, 0.25) is 10.0 Å². The third-order valence-electron chi connectivity index (χ3n) is 3.06. The number of carbonyl (C=O) groups is 1. The number of hydrogen-bond acceptors (Lipinski definition) is 2. The number of benzene rings is 2. The van der Waals surface area contributed by atoms with Gasteiger partial charge in [-0.2, -0.15) is 11.8 Å². The molecule has 0 aromatic heterocycles. The molecule has 0 radical (unpaired) electrons. The summed E-state index contributed by atoms with van der Waals surface area (Å²) in [5.41, 5.74) is 2.06. The lowest BCUT2D eigenvalue weighted by molar-refractivity contribution is -0.116. The molecule has 1 N–H and O–H groups in total. The van der Waals surface area contributed by atoms with Gasteiger partial charge in [-0.25, -0.2) is 0 Å². The minimum absolute atomic E-state index is 0.0988. The lowest BCUT2D eigenvalue weighted by Gasteiger charge is -2.04. The Morgan fingerprint density at radius 2 is 1.83 bits per heavy atom. The second-order valence-corrected chi connectivity index (χ2v) is 6.77. The molecule has 0 saturated carbocycles. The molecule has 0 fully saturated rings. The Morgan fingerprint density at radius 1 is 1.09 bits per heavy atom. The maximum absolute atomic E-state index is 11.7. The normalized spacial score (nSPS) is 10.9. The lowest BCUT2D eigenvalue weighted by Crippen LogP contribution is -2.23. The zero-order valence-corrected chi connectivity index (χ0v) is 14.8. The highest BCUT2D eigenvalue weighted by molar-refractivity contribution is 7.98. The van der Waals surface area contributed by atoms with Crippen LogP contribution in [0.4, 0.5) is 0 Å². The standard InChI is InChI=1S/C18H17Cl2NOS/c19-16-8-5-14(6-9-16)7-10-18(22)21-11-12-23-13-15-3-1-2-4-17(15)20/h1-10H,11-13H2,(H,21,22)/b10-7+. The van der Waals surface area contributed by atoms with Crippen molar-refractivity contribution in [2.24, 2.45) is 0 Å². The number of hydrogen-bond donors (Lipinski definition) is 1. The molecule has 0 saturated heterocycles. The first-order valence-corrected chi connectivity index (χ1v) is 9.09. The molecule has 0 atom stereocenters. The van der Waals surface area contributed by atoms with Crippen molar-refractivity contribution < 1.29 is 4.79 Å². The van der Waals surface area contributed by atoms with Gasteiger partial charge >= 0.3 is 0 Å². The third kappa shape index (κ3) is 6.69. The third-order valence-corrected chi connectivity index (χ3v) is 4.69. The van der Waals surface area contributed by atoms with E-state index >= 15 is 0 Å². The Balaban J connectivity index is 1.65. The number of halogens is 2. The Hall–Kier alpha value is -1.42. The van der Waals surface area contributed by atoms with E-state index in [9.17, 15) is 4.79 Å². The number of thioether (sulfide) groups is 1. The molecule has 2 aromatic carbocycles. The van der Waals surface area contributed by atoms with Gasteiger partial charge in [0.25, 0.3) is 0 Å². The highest BCUT2D eigenvalue weighted by atomic mass is 35.5. The second kappa shape index (κ2) is 9.66. The molecule has 120 valence electrons. The molecular formula is C18H17Cl2NOS. The van der Waals surface area contributed by atoms with Gasteiger partial charge in [-0.1, -0.05) is 53.5 Å². The van der Waals surface area contributed by atoms with E-state index in [2.05, 4.69) is 5.32 Å². The Labute approximate surface area is 150 Å². The van der Waals surface area contributed by atoms with Crippen LogP contribution in [0.5, 0.6) is 0 Å². The van der Waals surface area contributed by atoms with Gasteiger partial charge in [0.1, 0.15) is 0 Å². The number of amides is 1. The first-order valence-electron chi connectivity index (χ1n) is 7.18.